The average molecular weight is 267 g/mol. The van der Waals surface area contributed by atoms with Gasteiger partial charge in [-0.15, -0.1) is 0 Å². The number of amides is 1. The fourth-order valence-electron chi connectivity index (χ4n) is 1.29. The number of carboxylic acid groups (broad SMARTS) is 1. The molecular weight excluding hydrogens is 260 g/mol. The number of halogens is 1. The molecule has 0 fully saturated rings. The third-order valence-electron chi connectivity index (χ3n) is 2.13. The average Bonchev–Trinajstić information content (AvgIpc) is 2.78. The summed E-state index contributed by atoms with van der Waals surface area (Å²) >= 11 is 5.89. The SMILES string of the molecule is NC(=O)c1ccn(-c2ncc(C(=O)O)cc2Cl)n1. The van der Waals surface area contributed by atoms with Gasteiger partial charge >= 0.3 is 5.97 Å². The Morgan fingerprint density at radius 1 is 1.44 bits per heavy atom. The summed E-state index contributed by atoms with van der Waals surface area (Å²) in [7, 11) is 0. The Morgan fingerprint density at radius 2 is 2.17 bits per heavy atom. The van der Waals surface area contributed by atoms with E-state index >= 15 is 0 Å². The lowest BCUT2D eigenvalue weighted by Gasteiger charge is -2.03. The maximum absolute atomic E-state index is 10.9. The first-order valence-electron chi connectivity index (χ1n) is 4.73. The van der Waals surface area contributed by atoms with E-state index in [1.807, 2.05) is 0 Å². The van der Waals surface area contributed by atoms with Gasteiger partial charge in [0.05, 0.1) is 10.6 Å². The molecule has 0 saturated carbocycles. The first-order valence-corrected chi connectivity index (χ1v) is 5.11. The van der Waals surface area contributed by atoms with Crippen LogP contribution in [0.25, 0.3) is 5.82 Å². The third-order valence-corrected chi connectivity index (χ3v) is 2.41. The van der Waals surface area contributed by atoms with Crippen LogP contribution in [0, 0.1) is 0 Å². The number of carboxylic acids is 1. The smallest absolute Gasteiger partial charge is 0.337 e. The van der Waals surface area contributed by atoms with Gasteiger partial charge in [-0.25, -0.2) is 14.5 Å². The zero-order valence-corrected chi connectivity index (χ0v) is 9.63. The van der Waals surface area contributed by atoms with Gasteiger partial charge < -0.3 is 10.8 Å². The molecule has 2 rings (SSSR count). The molecule has 7 nitrogen and oxygen atoms in total. The molecule has 0 aromatic carbocycles. The quantitative estimate of drug-likeness (QED) is 0.850. The van der Waals surface area contributed by atoms with Gasteiger partial charge in [-0.3, -0.25) is 4.79 Å². The first kappa shape index (κ1) is 12.1. The highest BCUT2D eigenvalue weighted by molar-refractivity contribution is 6.32. The van der Waals surface area contributed by atoms with Crippen LogP contribution in [0.5, 0.6) is 0 Å². The molecule has 18 heavy (non-hydrogen) atoms. The molecule has 2 aromatic rings. The predicted molar refractivity (Wildman–Crippen MR) is 61.8 cm³/mol. The molecule has 0 aliphatic carbocycles. The summed E-state index contributed by atoms with van der Waals surface area (Å²) in [6.07, 6.45) is 2.60. The Balaban J connectivity index is 2.44. The number of hydrogen-bond donors (Lipinski definition) is 2. The van der Waals surface area contributed by atoms with Crippen LogP contribution in [0.15, 0.2) is 24.5 Å². The van der Waals surface area contributed by atoms with Gasteiger partial charge in [0.25, 0.3) is 5.91 Å². The van der Waals surface area contributed by atoms with Crippen molar-refractivity contribution in [3.8, 4) is 5.82 Å². The number of carbonyl (C=O) groups is 2. The van der Waals surface area contributed by atoms with Crippen molar-refractivity contribution in [2.45, 2.75) is 0 Å². The van der Waals surface area contributed by atoms with Crippen molar-refractivity contribution in [2.24, 2.45) is 5.73 Å². The molecule has 2 heterocycles. The summed E-state index contributed by atoms with van der Waals surface area (Å²) in [5, 5.41) is 12.7. The summed E-state index contributed by atoms with van der Waals surface area (Å²) < 4.78 is 1.24. The monoisotopic (exact) mass is 266 g/mol. The number of aromatic carboxylic acids is 1. The fraction of sp³-hybridized carbons (Fsp3) is 0. The molecule has 3 N–H and O–H groups in total. The minimum absolute atomic E-state index is 0.0361. The topological polar surface area (TPSA) is 111 Å². The van der Waals surface area contributed by atoms with Gasteiger partial charge in [0.2, 0.25) is 0 Å². The minimum Gasteiger partial charge on any atom is -0.478 e. The van der Waals surface area contributed by atoms with Gasteiger partial charge in [-0.1, -0.05) is 11.6 Å². The van der Waals surface area contributed by atoms with Gasteiger partial charge in [0.1, 0.15) is 5.69 Å². The lowest BCUT2D eigenvalue weighted by Crippen LogP contribution is -2.12. The van der Waals surface area contributed by atoms with Gasteiger partial charge in [0, 0.05) is 12.4 Å². The highest BCUT2D eigenvalue weighted by Crippen LogP contribution is 2.18. The van der Waals surface area contributed by atoms with E-state index in [0.717, 1.165) is 6.20 Å². The number of aromatic nitrogens is 3. The lowest BCUT2D eigenvalue weighted by molar-refractivity contribution is 0.0696. The molecule has 0 saturated heterocycles. The summed E-state index contributed by atoms with van der Waals surface area (Å²) in [4.78, 5) is 25.5. The molecule has 0 atom stereocenters. The van der Waals surface area contributed by atoms with Crippen molar-refractivity contribution < 1.29 is 14.7 Å². The van der Waals surface area contributed by atoms with Gasteiger partial charge in [-0.05, 0) is 12.1 Å². The van der Waals surface area contributed by atoms with Gasteiger partial charge in [-0.2, -0.15) is 5.10 Å². The van der Waals surface area contributed by atoms with Crippen LogP contribution in [-0.4, -0.2) is 31.7 Å². The zero-order chi connectivity index (χ0) is 13.3. The van der Waals surface area contributed by atoms with Crippen molar-refractivity contribution >= 4 is 23.5 Å². The van der Waals surface area contributed by atoms with Crippen molar-refractivity contribution in [1.82, 2.24) is 14.8 Å². The number of nitrogens with two attached hydrogens (primary N) is 1. The summed E-state index contributed by atoms with van der Waals surface area (Å²) in [5.74, 6) is -1.59. The van der Waals surface area contributed by atoms with Crippen LogP contribution in [-0.2, 0) is 0 Å². The van der Waals surface area contributed by atoms with E-state index in [1.54, 1.807) is 0 Å². The summed E-state index contributed by atoms with van der Waals surface area (Å²) in [6, 6.07) is 2.66. The number of hydrogen-bond acceptors (Lipinski definition) is 4. The standard InChI is InChI=1S/C10H7ClN4O3/c11-6-3-5(10(17)18)4-13-9(6)15-2-1-7(14-15)8(12)16/h1-4H,(H2,12,16)(H,17,18). The number of carbonyl (C=O) groups excluding carboxylic acids is 1. The molecule has 2 aromatic heterocycles. The molecular formula is C10H7ClN4O3. The highest BCUT2D eigenvalue weighted by atomic mass is 35.5. The normalized spacial score (nSPS) is 10.3. The summed E-state index contributed by atoms with van der Waals surface area (Å²) in [6.45, 7) is 0. The predicted octanol–water partition coefficient (Wildman–Crippen LogP) is 0.718. The van der Waals surface area contributed by atoms with Crippen LogP contribution in [0.1, 0.15) is 20.8 Å². The molecule has 92 valence electrons. The maximum atomic E-state index is 10.9. The van der Waals surface area contributed by atoms with E-state index in [-0.39, 0.29) is 22.1 Å². The van der Waals surface area contributed by atoms with E-state index in [1.165, 1.54) is 23.0 Å². The van der Waals surface area contributed by atoms with Crippen LogP contribution in [0.3, 0.4) is 0 Å². The molecule has 1 amide bonds. The summed E-state index contributed by atoms with van der Waals surface area (Å²) in [5.41, 5.74) is 5.09. The largest absolute Gasteiger partial charge is 0.478 e. The molecule has 0 spiro atoms. The number of nitrogens with zero attached hydrogens (tertiary/aromatic N) is 3. The molecule has 0 aliphatic heterocycles. The number of pyridine rings is 1. The fourth-order valence-corrected chi connectivity index (χ4v) is 1.54. The van der Waals surface area contributed by atoms with E-state index in [4.69, 9.17) is 22.4 Å². The lowest BCUT2D eigenvalue weighted by atomic mass is 10.3. The van der Waals surface area contributed by atoms with E-state index < -0.39 is 11.9 Å². The van der Waals surface area contributed by atoms with Crippen molar-refractivity contribution in [3.63, 3.8) is 0 Å². The van der Waals surface area contributed by atoms with Crippen molar-refractivity contribution in [3.05, 3.63) is 40.8 Å². The second-order valence-electron chi connectivity index (χ2n) is 3.34. The van der Waals surface area contributed by atoms with Crippen LogP contribution in [0.2, 0.25) is 5.02 Å². The Morgan fingerprint density at radius 3 is 2.67 bits per heavy atom. The van der Waals surface area contributed by atoms with Crippen LogP contribution in [0.4, 0.5) is 0 Å². The minimum atomic E-state index is -1.13. The second-order valence-corrected chi connectivity index (χ2v) is 3.75. The van der Waals surface area contributed by atoms with Gasteiger partial charge in [0.15, 0.2) is 5.82 Å². The highest BCUT2D eigenvalue weighted by Gasteiger charge is 2.12. The molecule has 8 heteroatoms. The second kappa shape index (κ2) is 4.46. The number of rotatable bonds is 3. The Hall–Kier alpha value is -2.41. The Labute approximate surface area is 106 Å². The van der Waals surface area contributed by atoms with E-state index in [9.17, 15) is 9.59 Å². The van der Waals surface area contributed by atoms with Crippen LogP contribution >= 0.6 is 11.6 Å². The molecule has 0 radical (unpaired) electrons. The van der Waals surface area contributed by atoms with Crippen molar-refractivity contribution in [1.29, 1.82) is 0 Å². The number of primary amides is 1. The van der Waals surface area contributed by atoms with E-state index in [0.29, 0.717) is 0 Å². The Kier molecular flexibility index (Phi) is 2.99. The molecule has 0 bridgehead atoms. The third kappa shape index (κ3) is 2.16. The first-order chi connectivity index (χ1) is 8.49. The maximum Gasteiger partial charge on any atom is 0.337 e. The zero-order valence-electron chi connectivity index (χ0n) is 8.87. The van der Waals surface area contributed by atoms with Crippen LogP contribution < -0.4 is 5.73 Å². The van der Waals surface area contributed by atoms with E-state index in [2.05, 4.69) is 10.1 Å². The molecule has 0 unspecified atom stereocenters. The van der Waals surface area contributed by atoms with Crippen molar-refractivity contribution in [2.75, 3.05) is 0 Å². The Bertz CT molecular complexity index is 638. The molecule has 0 aliphatic rings.